The molecule has 0 radical (unpaired) electrons. The minimum atomic E-state index is -0.401. The second kappa shape index (κ2) is 9.51. The van der Waals surface area contributed by atoms with Crippen LogP contribution in [0, 0.1) is 11.7 Å². The van der Waals surface area contributed by atoms with E-state index in [1.807, 2.05) is 50.3 Å². The summed E-state index contributed by atoms with van der Waals surface area (Å²) in [5.74, 6) is 0.762. The standard InChI is InChI=1S/C23H27FN2O2/c1-17(2)11-12-23(27)25-13-14-26-15-18-7-3-6-10-21(18)28-22(16-26)19-8-4-5-9-20(19)24/h3-12,17,22H,13-16H2,1-2H3,(H,25,27). The number of amides is 1. The summed E-state index contributed by atoms with van der Waals surface area (Å²) in [6.07, 6.45) is 3.05. The molecule has 2 aromatic carbocycles. The Morgan fingerprint density at radius 2 is 2.00 bits per heavy atom. The molecule has 5 heteroatoms. The van der Waals surface area contributed by atoms with Gasteiger partial charge in [-0.3, -0.25) is 9.69 Å². The van der Waals surface area contributed by atoms with Crippen LogP contribution in [0.25, 0.3) is 0 Å². The van der Waals surface area contributed by atoms with Gasteiger partial charge in [-0.15, -0.1) is 0 Å². The second-order valence-corrected chi connectivity index (χ2v) is 7.37. The zero-order valence-electron chi connectivity index (χ0n) is 16.4. The first kappa shape index (κ1) is 20.1. The van der Waals surface area contributed by atoms with Crippen molar-refractivity contribution < 1.29 is 13.9 Å². The highest BCUT2D eigenvalue weighted by atomic mass is 19.1. The van der Waals surface area contributed by atoms with E-state index >= 15 is 0 Å². The van der Waals surface area contributed by atoms with Crippen molar-refractivity contribution in [2.75, 3.05) is 19.6 Å². The largest absolute Gasteiger partial charge is 0.484 e. The van der Waals surface area contributed by atoms with E-state index in [1.54, 1.807) is 18.2 Å². The number of halogens is 1. The van der Waals surface area contributed by atoms with Crippen LogP contribution in [-0.2, 0) is 11.3 Å². The zero-order valence-corrected chi connectivity index (χ0v) is 16.4. The minimum Gasteiger partial charge on any atom is -0.484 e. The van der Waals surface area contributed by atoms with Crippen LogP contribution in [0.1, 0.15) is 31.1 Å². The number of fused-ring (bicyclic) bond motifs is 1. The molecule has 0 saturated heterocycles. The highest BCUT2D eigenvalue weighted by Gasteiger charge is 2.25. The number of allylic oxidation sites excluding steroid dienone is 1. The van der Waals surface area contributed by atoms with Gasteiger partial charge in [-0.2, -0.15) is 0 Å². The van der Waals surface area contributed by atoms with E-state index in [0.717, 1.165) is 11.3 Å². The molecule has 0 fully saturated rings. The number of benzene rings is 2. The van der Waals surface area contributed by atoms with Gasteiger partial charge in [-0.1, -0.05) is 56.3 Å². The third-order valence-corrected chi connectivity index (χ3v) is 4.67. The lowest BCUT2D eigenvalue weighted by Crippen LogP contribution is -2.36. The van der Waals surface area contributed by atoms with Crippen molar-refractivity contribution in [3.05, 3.63) is 77.6 Å². The first-order valence-electron chi connectivity index (χ1n) is 9.70. The van der Waals surface area contributed by atoms with E-state index in [4.69, 9.17) is 4.74 Å². The van der Waals surface area contributed by atoms with Gasteiger partial charge in [0.25, 0.3) is 0 Å². The highest BCUT2D eigenvalue weighted by Crippen LogP contribution is 2.31. The van der Waals surface area contributed by atoms with E-state index in [-0.39, 0.29) is 11.7 Å². The first-order chi connectivity index (χ1) is 13.5. The Labute approximate surface area is 166 Å². The number of carbonyl (C=O) groups excluding carboxylic acids is 1. The second-order valence-electron chi connectivity index (χ2n) is 7.37. The topological polar surface area (TPSA) is 41.6 Å². The van der Waals surface area contributed by atoms with Crippen LogP contribution in [-0.4, -0.2) is 30.4 Å². The summed E-state index contributed by atoms with van der Waals surface area (Å²) >= 11 is 0. The van der Waals surface area contributed by atoms with Crippen molar-refractivity contribution in [3.8, 4) is 5.75 Å². The van der Waals surface area contributed by atoms with Gasteiger partial charge < -0.3 is 10.1 Å². The highest BCUT2D eigenvalue weighted by molar-refractivity contribution is 5.87. The molecule has 2 aromatic rings. The average molecular weight is 382 g/mol. The molecule has 1 heterocycles. The summed E-state index contributed by atoms with van der Waals surface area (Å²) in [6, 6.07) is 14.6. The van der Waals surface area contributed by atoms with Crippen molar-refractivity contribution in [2.45, 2.75) is 26.5 Å². The third kappa shape index (κ3) is 5.42. The molecule has 0 aliphatic carbocycles. The lowest BCUT2D eigenvalue weighted by Gasteiger charge is -2.24. The molecule has 0 bridgehead atoms. The van der Waals surface area contributed by atoms with Gasteiger partial charge in [0.15, 0.2) is 0 Å². The predicted molar refractivity (Wildman–Crippen MR) is 108 cm³/mol. The van der Waals surface area contributed by atoms with E-state index < -0.39 is 6.10 Å². The Morgan fingerprint density at radius 3 is 2.79 bits per heavy atom. The number of hydrogen-bond acceptors (Lipinski definition) is 3. The van der Waals surface area contributed by atoms with Crippen LogP contribution in [0.5, 0.6) is 5.75 Å². The Balaban J connectivity index is 1.70. The Kier molecular flexibility index (Phi) is 6.82. The predicted octanol–water partition coefficient (Wildman–Crippen LogP) is 4.09. The summed E-state index contributed by atoms with van der Waals surface area (Å²) in [5.41, 5.74) is 1.61. The lowest BCUT2D eigenvalue weighted by atomic mass is 10.1. The summed E-state index contributed by atoms with van der Waals surface area (Å²) in [6.45, 7) is 6.48. The molecule has 4 nitrogen and oxygen atoms in total. The number of rotatable bonds is 6. The van der Waals surface area contributed by atoms with E-state index in [1.165, 1.54) is 6.07 Å². The molecule has 0 aromatic heterocycles. The van der Waals surface area contributed by atoms with Crippen LogP contribution < -0.4 is 10.1 Å². The molecular formula is C23H27FN2O2. The van der Waals surface area contributed by atoms with Crippen LogP contribution in [0.4, 0.5) is 4.39 Å². The fourth-order valence-corrected chi connectivity index (χ4v) is 3.22. The minimum absolute atomic E-state index is 0.0918. The van der Waals surface area contributed by atoms with E-state index in [9.17, 15) is 9.18 Å². The maximum Gasteiger partial charge on any atom is 0.243 e. The third-order valence-electron chi connectivity index (χ3n) is 4.67. The number of hydrogen-bond donors (Lipinski definition) is 1. The van der Waals surface area contributed by atoms with Crippen molar-refractivity contribution in [3.63, 3.8) is 0 Å². The average Bonchev–Trinajstić information content (AvgIpc) is 2.86. The molecule has 0 saturated carbocycles. The first-order valence-corrected chi connectivity index (χ1v) is 9.70. The van der Waals surface area contributed by atoms with E-state index in [0.29, 0.717) is 37.7 Å². The van der Waals surface area contributed by atoms with Crippen molar-refractivity contribution in [1.29, 1.82) is 0 Å². The molecular weight excluding hydrogens is 355 g/mol. The SMILES string of the molecule is CC(C)C=CC(=O)NCCN1Cc2ccccc2OC(c2ccccc2F)C1. The van der Waals surface area contributed by atoms with Crippen LogP contribution in [0.15, 0.2) is 60.7 Å². The van der Waals surface area contributed by atoms with Gasteiger partial charge in [0.05, 0.1) is 0 Å². The van der Waals surface area contributed by atoms with Crippen molar-refractivity contribution in [2.24, 2.45) is 5.92 Å². The van der Waals surface area contributed by atoms with E-state index in [2.05, 4.69) is 10.2 Å². The van der Waals surface area contributed by atoms with Gasteiger partial charge in [0, 0.05) is 37.3 Å². The zero-order chi connectivity index (χ0) is 19.9. The van der Waals surface area contributed by atoms with Crippen LogP contribution in [0.3, 0.4) is 0 Å². The summed E-state index contributed by atoms with van der Waals surface area (Å²) in [4.78, 5) is 14.1. The Hall–Kier alpha value is -2.66. The molecule has 1 unspecified atom stereocenters. The molecule has 3 rings (SSSR count). The fraction of sp³-hybridized carbons (Fsp3) is 0.348. The Morgan fingerprint density at radius 1 is 1.25 bits per heavy atom. The van der Waals surface area contributed by atoms with Gasteiger partial charge >= 0.3 is 0 Å². The molecule has 1 aliphatic rings. The maximum absolute atomic E-state index is 14.4. The smallest absolute Gasteiger partial charge is 0.243 e. The maximum atomic E-state index is 14.4. The molecule has 1 N–H and O–H groups in total. The molecule has 148 valence electrons. The molecule has 0 spiro atoms. The summed E-state index contributed by atoms with van der Waals surface area (Å²) < 4.78 is 20.5. The van der Waals surface area contributed by atoms with Crippen LogP contribution >= 0.6 is 0 Å². The van der Waals surface area contributed by atoms with Gasteiger partial charge in [-0.05, 0) is 24.1 Å². The monoisotopic (exact) mass is 382 g/mol. The molecule has 1 amide bonds. The number of nitrogens with one attached hydrogen (secondary N) is 1. The normalized spacial score (nSPS) is 17.2. The lowest BCUT2D eigenvalue weighted by molar-refractivity contribution is -0.116. The molecule has 28 heavy (non-hydrogen) atoms. The number of nitrogens with zero attached hydrogens (tertiary/aromatic N) is 1. The number of ether oxygens (including phenoxy) is 1. The van der Waals surface area contributed by atoms with Crippen LogP contribution in [0.2, 0.25) is 0 Å². The van der Waals surface area contributed by atoms with Crippen molar-refractivity contribution >= 4 is 5.91 Å². The fourth-order valence-electron chi connectivity index (χ4n) is 3.22. The van der Waals surface area contributed by atoms with Crippen molar-refractivity contribution in [1.82, 2.24) is 10.2 Å². The quantitative estimate of drug-likeness (QED) is 0.765. The van der Waals surface area contributed by atoms with Gasteiger partial charge in [0.2, 0.25) is 5.91 Å². The number of para-hydroxylation sites is 1. The van der Waals surface area contributed by atoms with Gasteiger partial charge in [-0.25, -0.2) is 4.39 Å². The summed E-state index contributed by atoms with van der Waals surface area (Å²) in [7, 11) is 0. The Bertz CT molecular complexity index is 835. The molecule has 1 atom stereocenters. The van der Waals surface area contributed by atoms with Gasteiger partial charge in [0.1, 0.15) is 17.7 Å². The summed E-state index contributed by atoms with van der Waals surface area (Å²) in [5, 5.41) is 2.91. The number of carbonyl (C=O) groups is 1. The molecule has 1 aliphatic heterocycles.